The molecule has 1 atom stereocenters. The minimum absolute atomic E-state index is 0.0355. The first-order valence-electron chi connectivity index (χ1n) is 9.45. The molecule has 2 aromatic rings. The van der Waals surface area contributed by atoms with Crippen molar-refractivity contribution >= 4 is 45.3 Å². The zero-order valence-corrected chi connectivity index (χ0v) is 18.8. The van der Waals surface area contributed by atoms with Gasteiger partial charge in [-0.2, -0.15) is 0 Å². The number of ether oxygens (including phenoxy) is 3. The number of benzene rings is 2. The minimum atomic E-state index is -2.12. The Balaban J connectivity index is 2.09. The highest BCUT2D eigenvalue weighted by atomic mass is 79.9. The summed E-state index contributed by atoms with van der Waals surface area (Å²) in [6.07, 6.45) is -0.174. The molecule has 0 spiro atoms. The summed E-state index contributed by atoms with van der Waals surface area (Å²) in [5.41, 5.74) is -1.20. The number of fused-ring (bicyclic) bond motifs is 1. The van der Waals surface area contributed by atoms with Gasteiger partial charge in [-0.3, -0.25) is 4.79 Å². The van der Waals surface area contributed by atoms with Crippen LogP contribution in [0.4, 0.5) is 0 Å². The van der Waals surface area contributed by atoms with Gasteiger partial charge in [0.05, 0.1) is 19.1 Å². The molecule has 0 amide bonds. The van der Waals surface area contributed by atoms with Crippen molar-refractivity contribution in [2.75, 3.05) is 13.2 Å². The summed E-state index contributed by atoms with van der Waals surface area (Å²) in [6.45, 7) is 3.32. The lowest BCUT2D eigenvalue weighted by Gasteiger charge is -2.29. The standard InChI is InChI=1S/C22H20BrClO6/c1-3-28-20(26)22(21(27)29-4-2)17(16-11-15(24)9-10-19(16)30-22)12-18(25)13-5-7-14(23)8-6-13/h5-11,17H,3-4,12H2,1-2H3. The minimum Gasteiger partial charge on any atom is -0.463 e. The van der Waals surface area contributed by atoms with Crippen molar-refractivity contribution in [2.24, 2.45) is 0 Å². The Labute approximate surface area is 187 Å². The van der Waals surface area contributed by atoms with Gasteiger partial charge in [0.15, 0.2) is 5.78 Å². The fraction of sp³-hybridized carbons (Fsp3) is 0.318. The molecule has 0 bridgehead atoms. The fourth-order valence-corrected chi connectivity index (χ4v) is 3.91. The van der Waals surface area contributed by atoms with E-state index in [2.05, 4.69) is 15.9 Å². The van der Waals surface area contributed by atoms with Gasteiger partial charge in [-0.25, -0.2) is 9.59 Å². The Hall–Kier alpha value is -2.38. The van der Waals surface area contributed by atoms with E-state index in [-0.39, 0.29) is 31.2 Å². The highest BCUT2D eigenvalue weighted by molar-refractivity contribution is 9.10. The molecule has 0 aromatic heterocycles. The number of carbonyl (C=O) groups is 3. The third-order valence-electron chi connectivity index (χ3n) is 4.82. The molecular formula is C22H20BrClO6. The Bertz CT molecular complexity index is 954. The predicted octanol–water partition coefficient (Wildman–Crippen LogP) is 4.72. The number of carbonyl (C=O) groups excluding carboxylic acids is 3. The number of rotatable bonds is 7. The summed E-state index contributed by atoms with van der Waals surface area (Å²) in [6, 6.07) is 11.6. The zero-order chi connectivity index (χ0) is 21.9. The third-order valence-corrected chi connectivity index (χ3v) is 5.59. The number of esters is 2. The molecule has 3 rings (SSSR count). The van der Waals surface area contributed by atoms with Crippen LogP contribution in [0.2, 0.25) is 5.02 Å². The normalized spacial score (nSPS) is 16.3. The average Bonchev–Trinajstić information content (AvgIpc) is 3.03. The van der Waals surface area contributed by atoms with Crippen molar-refractivity contribution in [3.05, 3.63) is 63.1 Å². The number of hydrogen-bond donors (Lipinski definition) is 0. The van der Waals surface area contributed by atoms with E-state index in [0.29, 0.717) is 16.1 Å². The molecule has 8 heteroatoms. The summed E-state index contributed by atoms with van der Waals surface area (Å²) in [5.74, 6) is -2.73. The van der Waals surface area contributed by atoms with Crippen LogP contribution in [0.3, 0.4) is 0 Å². The van der Waals surface area contributed by atoms with Gasteiger partial charge in [0.2, 0.25) is 0 Å². The van der Waals surface area contributed by atoms with Crippen molar-refractivity contribution in [3.63, 3.8) is 0 Å². The van der Waals surface area contributed by atoms with Gasteiger partial charge >= 0.3 is 17.5 Å². The lowest BCUT2D eigenvalue weighted by atomic mass is 9.79. The van der Waals surface area contributed by atoms with E-state index in [4.69, 9.17) is 25.8 Å². The Kier molecular flexibility index (Phi) is 6.83. The Morgan fingerprint density at radius 1 is 1.03 bits per heavy atom. The Morgan fingerprint density at radius 3 is 2.20 bits per heavy atom. The smallest absolute Gasteiger partial charge is 0.363 e. The monoisotopic (exact) mass is 494 g/mol. The van der Waals surface area contributed by atoms with Crippen molar-refractivity contribution in [2.45, 2.75) is 31.8 Å². The van der Waals surface area contributed by atoms with Crippen LogP contribution in [0.15, 0.2) is 46.9 Å². The first kappa shape index (κ1) is 22.3. The summed E-state index contributed by atoms with van der Waals surface area (Å²) in [4.78, 5) is 39.1. The van der Waals surface area contributed by atoms with Gasteiger partial charge < -0.3 is 14.2 Å². The van der Waals surface area contributed by atoms with Crippen molar-refractivity contribution in [1.29, 1.82) is 0 Å². The van der Waals surface area contributed by atoms with Crippen LogP contribution in [0.25, 0.3) is 0 Å². The molecule has 0 fully saturated rings. The van der Waals surface area contributed by atoms with Crippen molar-refractivity contribution in [1.82, 2.24) is 0 Å². The summed E-state index contributed by atoms with van der Waals surface area (Å²) < 4.78 is 17.1. The second kappa shape index (κ2) is 9.18. The van der Waals surface area contributed by atoms with Gasteiger partial charge in [-0.15, -0.1) is 0 Å². The number of halogens is 2. The van der Waals surface area contributed by atoms with Gasteiger partial charge in [-0.05, 0) is 44.2 Å². The predicted molar refractivity (Wildman–Crippen MR) is 114 cm³/mol. The summed E-state index contributed by atoms with van der Waals surface area (Å²) >= 11 is 9.49. The molecule has 0 saturated carbocycles. The molecule has 1 aliphatic rings. The van der Waals surface area contributed by atoms with Crippen LogP contribution in [0.5, 0.6) is 5.75 Å². The summed E-state index contributed by atoms with van der Waals surface area (Å²) in [7, 11) is 0. The average molecular weight is 496 g/mol. The van der Waals surface area contributed by atoms with Crippen molar-refractivity contribution in [3.8, 4) is 5.75 Å². The van der Waals surface area contributed by atoms with Crippen LogP contribution < -0.4 is 4.74 Å². The molecule has 0 aliphatic carbocycles. The van der Waals surface area contributed by atoms with Gasteiger partial charge in [-0.1, -0.05) is 39.7 Å². The molecule has 0 N–H and O–H groups in total. The lowest BCUT2D eigenvalue weighted by Crippen LogP contribution is -2.55. The molecule has 0 radical (unpaired) electrons. The second-order valence-corrected chi connectivity index (χ2v) is 8.00. The highest BCUT2D eigenvalue weighted by Crippen LogP contribution is 2.49. The van der Waals surface area contributed by atoms with E-state index in [1.165, 1.54) is 0 Å². The molecule has 2 aromatic carbocycles. The van der Waals surface area contributed by atoms with Gasteiger partial charge in [0, 0.05) is 27.0 Å². The van der Waals surface area contributed by atoms with Crippen LogP contribution in [-0.2, 0) is 19.1 Å². The summed E-state index contributed by atoms with van der Waals surface area (Å²) in [5, 5.41) is 0.391. The van der Waals surface area contributed by atoms with Crippen molar-refractivity contribution < 1.29 is 28.6 Å². The quantitative estimate of drug-likeness (QED) is 0.314. The molecule has 1 unspecified atom stereocenters. The fourth-order valence-electron chi connectivity index (χ4n) is 3.47. The lowest BCUT2D eigenvalue weighted by molar-refractivity contribution is -0.180. The van der Waals surface area contributed by atoms with E-state index in [0.717, 1.165) is 4.47 Å². The maximum Gasteiger partial charge on any atom is 0.363 e. The number of ketones is 1. The van der Waals surface area contributed by atoms with Gasteiger partial charge in [0.1, 0.15) is 5.75 Å². The first-order chi connectivity index (χ1) is 14.3. The Morgan fingerprint density at radius 2 is 1.63 bits per heavy atom. The molecule has 158 valence electrons. The maximum absolute atomic E-state index is 13.0. The van der Waals surface area contributed by atoms with E-state index in [1.807, 2.05) is 0 Å². The molecular weight excluding hydrogens is 476 g/mol. The number of Topliss-reactive ketones (excluding diaryl/α,β-unsaturated/α-hetero) is 1. The number of hydrogen-bond acceptors (Lipinski definition) is 6. The van der Waals surface area contributed by atoms with E-state index in [9.17, 15) is 14.4 Å². The largest absolute Gasteiger partial charge is 0.463 e. The maximum atomic E-state index is 13.0. The topological polar surface area (TPSA) is 78.9 Å². The molecule has 6 nitrogen and oxygen atoms in total. The van der Waals surface area contributed by atoms with E-state index in [1.54, 1.807) is 56.3 Å². The van der Waals surface area contributed by atoms with Crippen LogP contribution in [-0.4, -0.2) is 36.5 Å². The third kappa shape index (κ3) is 4.09. The first-order valence-corrected chi connectivity index (χ1v) is 10.6. The molecule has 0 saturated heterocycles. The van der Waals surface area contributed by atoms with Crippen LogP contribution in [0.1, 0.15) is 42.1 Å². The van der Waals surface area contributed by atoms with E-state index < -0.39 is 23.5 Å². The van der Waals surface area contributed by atoms with Crippen LogP contribution in [0, 0.1) is 0 Å². The molecule has 1 aliphatic heterocycles. The zero-order valence-electron chi connectivity index (χ0n) is 16.4. The van der Waals surface area contributed by atoms with E-state index >= 15 is 0 Å². The second-order valence-electron chi connectivity index (χ2n) is 6.65. The van der Waals surface area contributed by atoms with Crippen LogP contribution >= 0.6 is 27.5 Å². The molecule has 30 heavy (non-hydrogen) atoms. The highest BCUT2D eigenvalue weighted by Gasteiger charge is 2.63. The van der Waals surface area contributed by atoms with Gasteiger partial charge in [0.25, 0.3) is 0 Å². The SMILES string of the molecule is CCOC(=O)C1(C(=O)OCC)Oc2ccc(Cl)cc2C1CC(=O)c1ccc(Br)cc1. The molecule has 1 heterocycles.